The maximum Gasteiger partial charge on any atom is 0.348 e. The molecule has 158 valence electrons. The molecule has 0 radical (unpaired) electrons. The number of aromatic nitrogens is 1. The molecule has 3 aromatic rings. The summed E-state index contributed by atoms with van der Waals surface area (Å²) in [4.78, 5) is 36.3. The summed E-state index contributed by atoms with van der Waals surface area (Å²) in [6.45, 7) is -0.509. The van der Waals surface area contributed by atoms with Crippen LogP contribution in [0.1, 0.15) is 9.67 Å². The molecule has 0 fully saturated rings. The van der Waals surface area contributed by atoms with Gasteiger partial charge in [0.05, 0.1) is 16.1 Å². The minimum absolute atomic E-state index is 0.0570. The van der Waals surface area contributed by atoms with E-state index in [1.54, 1.807) is 30.0 Å². The second-order valence-corrected chi connectivity index (χ2v) is 9.13. The third-order valence-electron chi connectivity index (χ3n) is 4.85. The lowest BCUT2D eigenvalue weighted by molar-refractivity contribution is -0.118. The third kappa shape index (κ3) is 3.62. The van der Waals surface area contributed by atoms with E-state index in [0.717, 1.165) is 26.0 Å². The highest BCUT2D eigenvalue weighted by molar-refractivity contribution is 7.29. The minimum atomic E-state index is -0.603. The van der Waals surface area contributed by atoms with E-state index in [4.69, 9.17) is 4.74 Å². The molecule has 0 bridgehead atoms. The topological polar surface area (TPSA) is 89.8 Å². The molecule has 31 heavy (non-hydrogen) atoms. The van der Waals surface area contributed by atoms with Crippen LogP contribution < -0.4 is 14.7 Å². The first-order valence-electron chi connectivity index (χ1n) is 9.30. The van der Waals surface area contributed by atoms with Crippen LogP contribution >= 0.6 is 22.7 Å². The molecule has 0 amide bonds. The van der Waals surface area contributed by atoms with Gasteiger partial charge in [0, 0.05) is 28.2 Å². The van der Waals surface area contributed by atoms with E-state index in [1.807, 2.05) is 49.3 Å². The van der Waals surface area contributed by atoms with Gasteiger partial charge in [-0.25, -0.2) is 9.78 Å². The van der Waals surface area contributed by atoms with E-state index >= 15 is 0 Å². The molecular weight excluding hydrogens is 434 g/mol. The third-order valence-corrected chi connectivity index (χ3v) is 7.16. The van der Waals surface area contributed by atoms with Gasteiger partial charge >= 0.3 is 5.97 Å². The number of benzene rings is 1. The number of para-hydroxylation sites is 2. The Bertz CT molecular complexity index is 1210. The molecule has 0 N–H and O–H groups in total. The van der Waals surface area contributed by atoms with Crippen molar-refractivity contribution in [2.45, 2.75) is 0 Å². The first-order chi connectivity index (χ1) is 14.8. The van der Waals surface area contributed by atoms with Crippen molar-refractivity contribution in [3.8, 4) is 6.07 Å². The SMILES string of the molecule is CN(C)c1nc2sc(C(=O)OCC(=O)C(C#N)=C3N(C)c4ccccc4N3C)cc2s1. The number of esters is 1. The summed E-state index contributed by atoms with van der Waals surface area (Å²) in [5, 5.41) is 10.5. The van der Waals surface area contributed by atoms with Gasteiger partial charge in [0.1, 0.15) is 27.2 Å². The van der Waals surface area contributed by atoms with E-state index in [-0.39, 0.29) is 5.57 Å². The average Bonchev–Trinajstić information content (AvgIpc) is 3.40. The summed E-state index contributed by atoms with van der Waals surface area (Å²) in [6, 6.07) is 11.3. The van der Waals surface area contributed by atoms with Gasteiger partial charge in [-0.05, 0) is 18.2 Å². The first-order valence-corrected chi connectivity index (χ1v) is 10.9. The molecule has 1 aliphatic rings. The van der Waals surface area contributed by atoms with Crippen LogP contribution in [0.2, 0.25) is 0 Å². The molecule has 0 saturated heterocycles. The van der Waals surface area contributed by atoms with Crippen molar-refractivity contribution in [2.75, 3.05) is 49.5 Å². The molecule has 1 aliphatic heterocycles. The van der Waals surface area contributed by atoms with Gasteiger partial charge in [0.25, 0.3) is 0 Å². The highest BCUT2D eigenvalue weighted by Gasteiger charge is 2.31. The van der Waals surface area contributed by atoms with Crippen LogP contribution in [0.25, 0.3) is 9.53 Å². The van der Waals surface area contributed by atoms with Crippen molar-refractivity contribution < 1.29 is 14.3 Å². The lowest BCUT2D eigenvalue weighted by atomic mass is 10.2. The lowest BCUT2D eigenvalue weighted by Crippen LogP contribution is -2.27. The van der Waals surface area contributed by atoms with E-state index in [9.17, 15) is 14.9 Å². The molecule has 1 aromatic carbocycles. The minimum Gasteiger partial charge on any atom is -0.453 e. The second kappa shape index (κ2) is 8.02. The van der Waals surface area contributed by atoms with Crippen LogP contribution in [0.15, 0.2) is 41.7 Å². The van der Waals surface area contributed by atoms with Crippen LogP contribution in [0.5, 0.6) is 0 Å². The van der Waals surface area contributed by atoms with Crippen LogP contribution in [0.4, 0.5) is 16.5 Å². The number of nitrogens with zero attached hydrogens (tertiary/aromatic N) is 5. The van der Waals surface area contributed by atoms with E-state index in [1.165, 1.54) is 22.7 Å². The van der Waals surface area contributed by atoms with Crippen molar-refractivity contribution in [1.29, 1.82) is 5.26 Å². The Balaban J connectivity index is 1.50. The monoisotopic (exact) mass is 453 g/mol. The number of Topliss-reactive ketones (excluding diaryl/α,β-unsaturated/α-hetero) is 1. The average molecular weight is 454 g/mol. The Kier molecular flexibility index (Phi) is 5.39. The molecule has 0 unspecified atom stereocenters. The number of rotatable bonds is 5. The Morgan fingerprint density at radius 3 is 2.35 bits per heavy atom. The number of hydrogen-bond acceptors (Lipinski definition) is 10. The summed E-state index contributed by atoms with van der Waals surface area (Å²) in [5.41, 5.74) is 1.72. The molecule has 4 rings (SSSR count). The fraction of sp³-hybridized carbons (Fsp3) is 0.238. The van der Waals surface area contributed by atoms with Crippen molar-refractivity contribution in [3.63, 3.8) is 0 Å². The van der Waals surface area contributed by atoms with E-state index in [0.29, 0.717) is 10.7 Å². The maximum atomic E-state index is 12.8. The molecule has 8 nitrogen and oxygen atoms in total. The summed E-state index contributed by atoms with van der Waals surface area (Å²) >= 11 is 2.70. The van der Waals surface area contributed by atoms with Gasteiger partial charge in [-0.1, -0.05) is 23.5 Å². The number of thiazole rings is 1. The second-order valence-electron chi connectivity index (χ2n) is 7.09. The Hall–Kier alpha value is -3.42. The van der Waals surface area contributed by atoms with Crippen molar-refractivity contribution in [2.24, 2.45) is 0 Å². The van der Waals surface area contributed by atoms with E-state index < -0.39 is 18.4 Å². The summed E-state index contributed by atoms with van der Waals surface area (Å²) in [7, 11) is 7.40. The summed E-state index contributed by atoms with van der Waals surface area (Å²) in [5.74, 6) is -0.695. The van der Waals surface area contributed by atoms with Crippen LogP contribution in [0, 0.1) is 11.3 Å². The van der Waals surface area contributed by atoms with Gasteiger partial charge in [0.15, 0.2) is 11.7 Å². The number of anilines is 3. The van der Waals surface area contributed by atoms with Crippen molar-refractivity contribution in [3.05, 3.63) is 46.6 Å². The van der Waals surface area contributed by atoms with Crippen LogP contribution in [-0.2, 0) is 9.53 Å². The van der Waals surface area contributed by atoms with Crippen LogP contribution in [0.3, 0.4) is 0 Å². The van der Waals surface area contributed by atoms with Crippen molar-refractivity contribution >= 4 is 60.5 Å². The molecule has 0 aliphatic carbocycles. The highest BCUT2D eigenvalue weighted by Crippen LogP contribution is 2.40. The number of nitriles is 1. The fourth-order valence-corrected chi connectivity index (χ4v) is 5.37. The largest absolute Gasteiger partial charge is 0.453 e. The smallest absolute Gasteiger partial charge is 0.348 e. The Morgan fingerprint density at radius 2 is 1.81 bits per heavy atom. The highest BCUT2D eigenvalue weighted by atomic mass is 32.1. The number of ether oxygens (including phenoxy) is 1. The molecular formula is C21H19N5O3S2. The molecule has 0 atom stereocenters. The normalized spacial score (nSPS) is 12.7. The maximum absolute atomic E-state index is 12.8. The Morgan fingerprint density at radius 1 is 1.16 bits per heavy atom. The van der Waals surface area contributed by atoms with Gasteiger partial charge in [-0.15, -0.1) is 11.3 Å². The number of thiophene rings is 1. The molecule has 3 heterocycles. The van der Waals surface area contributed by atoms with Gasteiger partial charge < -0.3 is 19.4 Å². The van der Waals surface area contributed by atoms with Gasteiger partial charge in [0.2, 0.25) is 5.78 Å². The zero-order chi connectivity index (χ0) is 22.3. The Labute approximate surface area is 187 Å². The number of hydrogen-bond donors (Lipinski definition) is 0. The fourth-order valence-electron chi connectivity index (χ4n) is 3.35. The van der Waals surface area contributed by atoms with Crippen LogP contribution in [-0.4, -0.2) is 51.5 Å². The lowest BCUT2D eigenvalue weighted by Gasteiger charge is -2.19. The molecule has 2 aromatic heterocycles. The molecule has 0 spiro atoms. The predicted octanol–water partition coefficient (Wildman–Crippen LogP) is 3.47. The van der Waals surface area contributed by atoms with Gasteiger partial charge in [-0.2, -0.15) is 5.26 Å². The van der Waals surface area contributed by atoms with E-state index in [2.05, 4.69) is 4.98 Å². The number of carbonyl (C=O) groups is 2. The van der Waals surface area contributed by atoms with Crippen molar-refractivity contribution in [1.82, 2.24) is 4.98 Å². The zero-order valence-corrected chi connectivity index (χ0v) is 19.0. The number of ketones is 1. The zero-order valence-electron chi connectivity index (χ0n) is 17.4. The summed E-state index contributed by atoms with van der Waals surface area (Å²) in [6.07, 6.45) is 0. The number of carbonyl (C=O) groups excluding carboxylic acids is 2. The summed E-state index contributed by atoms with van der Waals surface area (Å²) < 4.78 is 6.11. The first kappa shape index (κ1) is 20.8. The standard InChI is InChI=1S/C21H19N5O3S2/c1-24(2)21-23-18-16(31-21)9-17(30-18)20(28)29-11-15(27)12(10-22)19-25(3)13-7-5-6-8-14(13)26(19)4/h5-9H,11H2,1-4H3. The molecule has 10 heteroatoms. The quantitative estimate of drug-likeness (QED) is 0.330. The van der Waals surface area contributed by atoms with Gasteiger partial charge in [-0.3, -0.25) is 4.79 Å². The molecule has 0 saturated carbocycles. The number of fused-ring (bicyclic) bond motifs is 2. The predicted molar refractivity (Wildman–Crippen MR) is 123 cm³/mol.